The van der Waals surface area contributed by atoms with Crippen molar-refractivity contribution >= 4 is 17.5 Å². The monoisotopic (exact) mass is 128 g/mol. The Kier molecular flexibility index (Phi) is 1.30. The van der Waals surface area contributed by atoms with E-state index in [0.717, 1.165) is 0 Å². The van der Waals surface area contributed by atoms with Gasteiger partial charge in [0, 0.05) is 6.07 Å². The lowest BCUT2D eigenvalue weighted by Crippen LogP contribution is -1.92. The summed E-state index contributed by atoms with van der Waals surface area (Å²) in [4.78, 5) is 7.07. The number of aromatic nitrogens is 2. The third kappa shape index (κ3) is 1.07. The van der Waals surface area contributed by atoms with Crippen LogP contribution in [0.1, 0.15) is 0 Å². The molecule has 2 N–H and O–H groups in total. The first kappa shape index (κ1) is 5.31. The van der Waals surface area contributed by atoms with Crippen molar-refractivity contribution in [2.45, 2.75) is 0 Å². The summed E-state index contributed by atoms with van der Waals surface area (Å²) in [5.41, 5.74) is 5.12. The molecular formula is C4H3ClN3. The molecule has 0 amide bonds. The summed E-state index contributed by atoms with van der Waals surface area (Å²) in [6.07, 6.45) is 2.46. The van der Waals surface area contributed by atoms with E-state index in [1.165, 1.54) is 6.07 Å². The maximum absolute atomic E-state index is 5.38. The van der Waals surface area contributed by atoms with Crippen molar-refractivity contribution in [1.82, 2.24) is 9.97 Å². The van der Waals surface area contributed by atoms with E-state index < -0.39 is 0 Å². The standard InChI is InChI=1S/C4H3ClN3/c5-3-1-2-7-4(6)8-3/h1H,(H2,6,7,8). The molecule has 1 aromatic rings. The third-order valence-corrected chi connectivity index (χ3v) is 0.778. The van der Waals surface area contributed by atoms with E-state index in [1.807, 2.05) is 0 Å². The first-order valence-electron chi connectivity index (χ1n) is 1.95. The van der Waals surface area contributed by atoms with E-state index in [0.29, 0.717) is 5.15 Å². The summed E-state index contributed by atoms with van der Waals surface area (Å²) in [5, 5.41) is 0.317. The van der Waals surface area contributed by atoms with Crippen LogP contribution in [0.25, 0.3) is 0 Å². The first-order valence-corrected chi connectivity index (χ1v) is 2.33. The molecule has 1 rings (SSSR count). The predicted molar refractivity (Wildman–Crippen MR) is 30.3 cm³/mol. The highest BCUT2D eigenvalue weighted by molar-refractivity contribution is 6.29. The van der Waals surface area contributed by atoms with Crippen molar-refractivity contribution in [2.75, 3.05) is 5.73 Å². The number of hydrogen-bond acceptors (Lipinski definition) is 3. The molecule has 4 heteroatoms. The van der Waals surface area contributed by atoms with Gasteiger partial charge >= 0.3 is 0 Å². The summed E-state index contributed by atoms with van der Waals surface area (Å²) in [6.45, 7) is 0. The predicted octanol–water partition coefficient (Wildman–Crippen LogP) is 0.512. The van der Waals surface area contributed by atoms with Crippen LogP contribution in [0, 0.1) is 6.20 Å². The molecule has 0 aliphatic carbocycles. The fraction of sp³-hybridized carbons (Fsp3) is 0. The van der Waals surface area contributed by atoms with Crippen LogP contribution in [0.2, 0.25) is 5.15 Å². The molecule has 41 valence electrons. The second kappa shape index (κ2) is 1.96. The summed E-state index contributed by atoms with van der Waals surface area (Å²) in [5.74, 6) is 0.150. The summed E-state index contributed by atoms with van der Waals surface area (Å²) in [6, 6.07) is 1.44. The highest BCUT2D eigenvalue weighted by Gasteiger charge is 1.87. The summed E-state index contributed by atoms with van der Waals surface area (Å²) >= 11 is 5.38. The number of halogens is 1. The van der Waals surface area contributed by atoms with Crippen LogP contribution in [-0.2, 0) is 0 Å². The van der Waals surface area contributed by atoms with Gasteiger partial charge in [-0.15, -0.1) is 0 Å². The van der Waals surface area contributed by atoms with E-state index in [-0.39, 0.29) is 5.95 Å². The minimum Gasteiger partial charge on any atom is -0.368 e. The van der Waals surface area contributed by atoms with Gasteiger partial charge in [-0.25, -0.2) is 9.97 Å². The topological polar surface area (TPSA) is 51.8 Å². The Labute approximate surface area is 51.5 Å². The van der Waals surface area contributed by atoms with Crippen LogP contribution in [0.15, 0.2) is 6.07 Å². The fourth-order valence-electron chi connectivity index (χ4n) is 0.318. The molecule has 0 spiro atoms. The third-order valence-electron chi connectivity index (χ3n) is 0.584. The van der Waals surface area contributed by atoms with E-state index in [9.17, 15) is 0 Å². The molecule has 0 atom stereocenters. The molecule has 0 aliphatic rings. The molecule has 1 aromatic heterocycles. The Balaban J connectivity index is 3.08. The number of rotatable bonds is 0. The van der Waals surface area contributed by atoms with Crippen molar-refractivity contribution in [3.63, 3.8) is 0 Å². The van der Waals surface area contributed by atoms with Crippen LogP contribution < -0.4 is 5.73 Å². The van der Waals surface area contributed by atoms with E-state index in [4.69, 9.17) is 17.3 Å². The first-order chi connectivity index (χ1) is 3.79. The minimum absolute atomic E-state index is 0.150. The van der Waals surface area contributed by atoms with Gasteiger partial charge in [-0.2, -0.15) is 0 Å². The number of nitrogen functional groups attached to an aromatic ring is 1. The van der Waals surface area contributed by atoms with E-state index in [2.05, 4.69) is 16.2 Å². The van der Waals surface area contributed by atoms with Gasteiger partial charge < -0.3 is 5.73 Å². The van der Waals surface area contributed by atoms with Gasteiger partial charge in [0.15, 0.2) is 0 Å². The Bertz CT molecular complexity index is 171. The summed E-state index contributed by atoms with van der Waals surface area (Å²) < 4.78 is 0. The van der Waals surface area contributed by atoms with Crippen molar-refractivity contribution in [3.05, 3.63) is 17.4 Å². The van der Waals surface area contributed by atoms with E-state index >= 15 is 0 Å². The molecule has 1 heterocycles. The van der Waals surface area contributed by atoms with Crippen molar-refractivity contribution in [3.8, 4) is 0 Å². The van der Waals surface area contributed by atoms with Gasteiger partial charge in [-0.05, 0) is 0 Å². The Hall–Kier alpha value is -0.830. The Morgan fingerprint density at radius 2 is 2.50 bits per heavy atom. The average Bonchev–Trinajstić information content (AvgIpc) is 1.64. The number of hydrogen-bond donors (Lipinski definition) is 1. The van der Waals surface area contributed by atoms with Gasteiger partial charge in [-0.3, -0.25) is 0 Å². The molecule has 0 fully saturated rings. The number of nitrogens with zero attached hydrogens (tertiary/aromatic N) is 2. The maximum atomic E-state index is 5.38. The van der Waals surface area contributed by atoms with E-state index in [1.54, 1.807) is 0 Å². The Morgan fingerprint density at radius 1 is 1.75 bits per heavy atom. The van der Waals surface area contributed by atoms with Gasteiger partial charge in [0.05, 0.1) is 6.20 Å². The molecule has 8 heavy (non-hydrogen) atoms. The molecule has 0 saturated heterocycles. The number of nitrogens with two attached hydrogens (primary N) is 1. The molecule has 0 aromatic carbocycles. The van der Waals surface area contributed by atoms with Crippen LogP contribution in [0.3, 0.4) is 0 Å². The second-order valence-electron chi connectivity index (χ2n) is 1.18. The second-order valence-corrected chi connectivity index (χ2v) is 1.57. The quantitative estimate of drug-likeness (QED) is 0.518. The van der Waals surface area contributed by atoms with Crippen LogP contribution in [0.4, 0.5) is 5.95 Å². The highest BCUT2D eigenvalue weighted by Crippen LogP contribution is 2.00. The van der Waals surface area contributed by atoms with Crippen LogP contribution >= 0.6 is 11.6 Å². The van der Waals surface area contributed by atoms with Gasteiger partial charge in [0.2, 0.25) is 5.95 Å². The summed E-state index contributed by atoms with van der Waals surface area (Å²) in [7, 11) is 0. The largest absolute Gasteiger partial charge is 0.368 e. The van der Waals surface area contributed by atoms with Gasteiger partial charge in [-0.1, -0.05) is 11.6 Å². The zero-order valence-electron chi connectivity index (χ0n) is 3.93. The van der Waals surface area contributed by atoms with Gasteiger partial charge in [0.1, 0.15) is 5.15 Å². The van der Waals surface area contributed by atoms with Gasteiger partial charge in [0.25, 0.3) is 0 Å². The average molecular weight is 129 g/mol. The smallest absolute Gasteiger partial charge is 0.222 e. The minimum atomic E-state index is 0.150. The normalized spacial score (nSPS) is 9.12. The van der Waals surface area contributed by atoms with Crippen LogP contribution in [-0.4, -0.2) is 9.97 Å². The highest BCUT2D eigenvalue weighted by atomic mass is 35.5. The van der Waals surface area contributed by atoms with Crippen molar-refractivity contribution in [2.24, 2.45) is 0 Å². The molecule has 0 saturated carbocycles. The SMILES string of the molecule is Nc1n[c]cc(Cl)n1. The zero-order chi connectivity index (χ0) is 5.98. The van der Waals surface area contributed by atoms with Crippen molar-refractivity contribution in [1.29, 1.82) is 0 Å². The lowest BCUT2D eigenvalue weighted by atomic mass is 10.7. The molecule has 0 bridgehead atoms. The molecular weight excluding hydrogens is 126 g/mol. The Morgan fingerprint density at radius 3 is 2.88 bits per heavy atom. The zero-order valence-corrected chi connectivity index (χ0v) is 4.68. The molecule has 0 unspecified atom stereocenters. The lowest BCUT2D eigenvalue weighted by Gasteiger charge is -1.86. The molecule has 3 nitrogen and oxygen atoms in total. The molecule has 0 aliphatic heterocycles. The van der Waals surface area contributed by atoms with Crippen molar-refractivity contribution < 1.29 is 0 Å². The number of anilines is 1. The maximum Gasteiger partial charge on any atom is 0.222 e. The fourth-order valence-corrected chi connectivity index (χ4v) is 0.454. The van der Waals surface area contributed by atoms with Crippen LogP contribution in [0.5, 0.6) is 0 Å². The lowest BCUT2D eigenvalue weighted by molar-refractivity contribution is 1.18. The molecule has 1 radical (unpaired) electrons.